The van der Waals surface area contributed by atoms with Crippen LogP contribution in [0.25, 0.3) is 0 Å². The second kappa shape index (κ2) is 4.06. The summed E-state index contributed by atoms with van der Waals surface area (Å²) in [5.41, 5.74) is 2.74. The molecule has 0 unspecified atom stereocenters. The number of benzene rings is 1. The molecule has 3 nitrogen and oxygen atoms in total. The third-order valence-corrected chi connectivity index (χ3v) is 4.14. The summed E-state index contributed by atoms with van der Waals surface area (Å²) in [6.07, 6.45) is 3.22. The summed E-state index contributed by atoms with van der Waals surface area (Å²) >= 11 is 0. The lowest BCUT2D eigenvalue weighted by molar-refractivity contribution is 0.105. The zero-order chi connectivity index (χ0) is 11.8. The van der Waals surface area contributed by atoms with Gasteiger partial charge in [-0.2, -0.15) is 0 Å². The van der Waals surface area contributed by atoms with Crippen molar-refractivity contribution in [1.82, 2.24) is 4.90 Å². The maximum Gasteiger partial charge on any atom is 0.407 e. The van der Waals surface area contributed by atoms with E-state index in [1.54, 1.807) is 0 Å². The predicted molar refractivity (Wildman–Crippen MR) is 65.4 cm³/mol. The van der Waals surface area contributed by atoms with Crippen LogP contribution in [0, 0.1) is 0 Å². The molecule has 0 spiro atoms. The molecule has 1 N–H and O–H groups in total. The Labute approximate surface area is 101 Å². The molecule has 0 radical (unpaired) electrons. The summed E-state index contributed by atoms with van der Waals surface area (Å²) < 4.78 is 0. The lowest BCUT2D eigenvalue weighted by atomic mass is 9.79. The van der Waals surface area contributed by atoms with E-state index in [2.05, 4.69) is 24.3 Å². The van der Waals surface area contributed by atoms with Crippen molar-refractivity contribution in [3.8, 4) is 0 Å². The lowest BCUT2D eigenvalue weighted by Crippen LogP contribution is -2.47. The van der Waals surface area contributed by atoms with Crippen LogP contribution >= 0.6 is 0 Å². The molecule has 1 aromatic carbocycles. The minimum Gasteiger partial charge on any atom is -0.465 e. The molecule has 0 bridgehead atoms. The van der Waals surface area contributed by atoms with Gasteiger partial charge in [0, 0.05) is 19.0 Å². The monoisotopic (exact) mass is 231 g/mol. The van der Waals surface area contributed by atoms with Gasteiger partial charge in [-0.05, 0) is 29.9 Å². The van der Waals surface area contributed by atoms with Gasteiger partial charge in [0.05, 0.1) is 0 Å². The first-order valence-electron chi connectivity index (χ1n) is 6.32. The minimum atomic E-state index is -0.799. The van der Waals surface area contributed by atoms with Crippen LogP contribution in [0.2, 0.25) is 0 Å². The Hall–Kier alpha value is -1.51. The number of nitrogens with zero attached hydrogens (tertiary/aromatic N) is 1. The first kappa shape index (κ1) is 10.6. The largest absolute Gasteiger partial charge is 0.465 e. The van der Waals surface area contributed by atoms with Gasteiger partial charge in [0.2, 0.25) is 0 Å². The van der Waals surface area contributed by atoms with E-state index in [9.17, 15) is 4.79 Å². The summed E-state index contributed by atoms with van der Waals surface area (Å²) in [6.45, 7) is 1.30. The van der Waals surface area contributed by atoms with Crippen LogP contribution in [0.1, 0.15) is 42.2 Å². The molecule has 0 atom stereocenters. The van der Waals surface area contributed by atoms with Crippen molar-refractivity contribution in [3.63, 3.8) is 0 Å². The molecular weight excluding hydrogens is 214 g/mol. The standard InChI is InChI=1S/C14H17NO2/c16-14(17)15-8-13(9-15)12-6-4-11(5-7-12)10-2-1-3-10/h4-7,10,13H,1-3,8-9H2,(H,16,17). The minimum absolute atomic E-state index is 0.404. The SMILES string of the molecule is O=C(O)N1CC(c2ccc(C3CCC3)cc2)C1. The Morgan fingerprint density at radius 3 is 2.00 bits per heavy atom. The van der Waals surface area contributed by atoms with Crippen LogP contribution in [0.3, 0.4) is 0 Å². The zero-order valence-electron chi connectivity index (χ0n) is 9.80. The Kier molecular flexibility index (Phi) is 2.54. The molecule has 1 aromatic rings. The number of hydrogen-bond acceptors (Lipinski definition) is 1. The highest BCUT2D eigenvalue weighted by Crippen LogP contribution is 2.37. The second-order valence-electron chi connectivity index (χ2n) is 5.18. The fourth-order valence-electron chi connectivity index (χ4n) is 2.63. The van der Waals surface area contributed by atoms with Gasteiger partial charge >= 0.3 is 6.09 Å². The average Bonchev–Trinajstić information content (AvgIpc) is 2.15. The Morgan fingerprint density at radius 1 is 1.06 bits per heavy atom. The van der Waals surface area contributed by atoms with Crippen molar-refractivity contribution in [3.05, 3.63) is 35.4 Å². The van der Waals surface area contributed by atoms with E-state index in [1.807, 2.05) is 0 Å². The van der Waals surface area contributed by atoms with Crippen LogP contribution in [-0.2, 0) is 0 Å². The van der Waals surface area contributed by atoms with E-state index in [0.29, 0.717) is 19.0 Å². The van der Waals surface area contributed by atoms with E-state index in [-0.39, 0.29) is 0 Å². The first-order valence-corrected chi connectivity index (χ1v) is 6.32. The van der Waals surface area contributed by atoms with Gasteiger partial charge in [-0.25, -0.2) is 4.79 Å². The van der Waals surface area contributed by atoms with Crippen LogP contribution in [-0.4, -0.2) is 29.2 Å². The summed E-state index contributed by atoms with van der Waals surface area (Å²) in [5.74, 6) is 1.18. The third-order valence-electron chi connectivity index (χ3n) is 4.14. The topological polar surface area (TPSA) is 40.5 Å². The van der Waals surface area contributed by atoms with Crippen molar-refractivity contribution >= 4 is 6.09 Å². The number of hydrogen-bond donors (Lipinski definition) is 1. The number of rotatable bonds is 2. The normalized spacial score (nSPS) is 20.8. The molecule has 1 saturated heterocycles. The molecule has 90 valence electrons. The van der Waals surface area contributed by atoms with Gasteiger partial charge in [0.25, 0.3) is 0 Å². The maximum atomic E-state index is 10.7. The Balaban J connectivity index is 1.63. The van der Waals surface area contributed by atoms with Crippen molar-refractivity contribution in [2.24, 2.45) is 0 Å². The Morgan fingerprint density at radius 2 is 1.59 bits per heavy atom. The third kappa shape index (κ3) is 1.90. The summed E-state index contributed by atoms with van der Waals surface area (Å²) in [4.78, 5) is 12.1. The average molecular weight is 231 g/mol. The first-order chi connectivity index (χ1) is 8.24. The molecule has 2 aliphatic rings. The van der Waals surface area contributed by atoms with E-state index in [1.165, 1.54) is 35.3 Å². The van der Waals surface area contributed by atoms with Crippen LogP contribution in [0.4, 0.5) is 4.79 Å². The van der Waals surface area contributed by atoms with E-state index in [4.69, 9.17) is 5.11 Å². The molecular formula is C14H17NO2. The molecule has 1 amide bonds. The second-order valence-corrected chi connectivity index (χ2v) is 5.18. The van der Waals surface area contributed by atoms with Gasteiger partial charge in [-0.1, -0.05) is 30.7 Å². The van der Waals surface area contributed by atoms with Crippen molar-refractivity contribution in [2.75, 3.05) is 13.1 Å². The fraction of sp³-hybridized carbons (Fsp3) is 0.500. The van der Waals surface area contributed by atoms with E-state index in [0.717, 1.165) is 5.92 Å². The molecule has 3 heteroatoms. The number of carboxylic acid groups (broad SMARTS) is 1. The van der Waals surface area contributed by atoms with Gasteiger partial charge in [-0.3, -0.25) is 0 Å². The smallest absolute Gasteiger partial charge is 0.407 e. The molecule has 1 aliphatic heterocycles. The number of carbonyl (C=O) groups is 1. The molecule has 1 heterocycles. The highest BCUT2D eigenvalue weighted by atomic mass is 16.4. The zero-order valence-corrected chi connectivity index (χ0v) is 9.80. The van der Waals surface area contributed by atoms with Crippen molar-refractivity contribution < 1.29 is 9.90 Å². The van der Waals surface area contributed by atoms with Gasteiger partial charge < -0.3 is 10.0 Å². The molecule has 17 heavy (non-hydrogen) atoms. The molecule has 2 fully saturated rings. The molecule has 0 aromatic heterocycles. The number of amides is 1. The van der Waals surface area contributed by atoms with Crippen molar-refractivity contribution in [2.45, 2.75) is 31.1 Å². The predicted octanol–water partition coefficient (Wildman–Crippen LogP) is 3.03. The molecule has 1 saturated carbocycles. The van der Waals surface area contributed by atoms with Gasteiger partial charge in [0.1, 0.15) is 0 Å². The molecule has 3 rings (SSSR count). The van der Waals surface area contributed by atoms with Crippen LogP contribution in [0.5, 0.6) is 0 Å². The van der Waals surface area contributed by atoms with E-state index >= 15 is 0 Å². The summed E-state index contributed by atoms with van der Waals surface area (Å²) in [7, 11) is 0. The van der Waals surface area contributed by atoms with Gasteiger partial charge in [-0.15, -0.1) is 0 Å². The maximum absolute atomic E-state index is 10.7. The fourth-order valence-corrected chi connectivity index (χ4v) is 2.63. The molecule has 1 aliphatic carbocycles. The highest BCUT2D eigenvalue weighted by Gasteiger charge is 2.31. The van der Waals surface area contributed by atoms with Gasteiger partial charge in [0.15, 0.2) is 0 Å². The van der Waals surface area contributed by atoms with E-state index < -0.39 is 6.09 Å². The lowest BCUT2D eigenvalue weighted by Gasteiger charge is -2.37. The van der Waals surface area contributed by atoms with Crippen LogP contribution < -0.4 is 0 Å². The van der Waals surface area contributed by atoms with Crippen LogP contribution in [0.15, 0.2) is 24.3 Å². The van der Waals surface area contributed by atoms with Crippen molar-refractivity contribution in [1.29, 1.82) is 0 Å². The highest BCUT2D eigenvalue weighted by molar-refractivity contribution is 5.66. The number of likely N-dealkylation sites (tertiary alicyclic amines) is 1. The summed E-state index contributed by atoms with van der Waals surface area (Å²) in [6, 6.07) is 8.81. The Bertz CT molecular complexity index is 416. The quantitative estimate of drug-likeness (QED) is 0.849. The summed E-state index contributed by atoms with van der Waals surface area (Å²) in [5, 5.41) is 8.78.